The Morgan fingerprint density at radius 3 is 2.96 bits per heavy atom. The van der Waals surface area contributed by atoms with Crippen LogP contribution in [0.25, 0.3) is 5.65 Å². The van der Waals surface area contributed by atoms with E-state index in [1.807, 2.05) is 32.9 Å². The topological polar surface area (TPSA) is 59.7 Å². The molecule has 1 aliphatic heterocycles. The molecule has 3 rings (SSSR count). The lowest BCUT2D eigenvalue weighted by Gasteiger charge is -2.26. The Morgan fingerprint density at radius 1 is 1.43 bits per heavy atom. The van der Waals surface area contributed by atoms with Gasteiger partial charge < -0.3 is 9.64 Å². The van der Waals surface area contributed by atoms with Crippen LogP contribution in [0.15, 0.2) is 22.9 Å². The predicted octanol–water partition coefficient (Wildman–Crippen LogP) is 3.19. The van der Waals surface area contributed by atoms with Gasteiger partial charge in [-0.05, 0) is 61.7 Å². The molecule has 2 aromatic heterocycles. The highest BCUT2D eigenvalue weighted by Crippen LogP contribution is 2.27. The third-order valence-electron chi connectivity index (χ3n) is 3.80. The van der Waals surface area contributed by atoms with Crippen LogP contribution in [0.5, 0.6) is 0 Å². The second kappa shape index (κ2) is 6.11. The van der Waals surface area contributed by atoms with E-state index in [1.54, 1.807) is 10.7 Å². The monoisotopic (exact) mass is 380 g/mol. The van der Waals surface area contributed by atoms with Gasteiger partial charge in [-0.25, -0.2) is 9.50 Å². The fraction of sp³-hybridized carbons (Fsp3) is 0.562. The Bertz CT molecular complexity index is 722. The number of anilines is 1. The Hall–Kier alpha value is -1.63. The van der Waals surface area contributed by atoms with E-state index in [2.05, 4.69) is 30.9 Å². The molecule has 1 saturated heterocycles. The maximum atomic E-state index is 12.1. The van der Waals surface area contributed by atoms with Crippen molar-refractivity contribution in [1.82, 2.24) is 14.6 Å². The molecule has 1 aliphatic rings. The van der Waals surface area contributed by atoms with E-state index < -0.39 is 5.60 Å². The lowest BCUT2D eigenvalue weighted by molar-refractivity contribution is -0.155. The van der Waals surface area contributed by atoms with E-state index in [1.165, 1.54) is 0 Å². The van der Waals surface area contributed by atoms with E-state index in [-0.39, 0.29) is 12.0 Å². The average molecular weight is 381 g/mol. The van der Waals surface area contributed by atoms with Crippen LogP contribution >= 0.6 is 15.9 Å². The molecule has 0 spiro atoms. The predicted molar refractivity (Wildman–Crippen MR) is 91.5 cm³/mol. The maximum absolute atomic E-state index is 12.1. The van der Waals surface area contributed by atoms with Crippen molar-refractivity contribution in [3.63, 3.8) is 0 Å². The second-order valence-corrected chi connectivity index (χ2v) is 7.63. The van der Waals surface area contributed by atoms with Crippen LogP contribution in [-0.2, 0) is 9.53 Å². The van der Waals surface area contributed by atoms with Gasteiger partial charge in [-0.15, -0.1) is 5.10 Å². The molecule has 0 aromatic carbocycles. The Balaban J connectivity index is 1.77. The molecule has 0 radical (unpaired) electrons. The SMILES string of the molecule is CC(C)(C)OC(=O)CC1CCCN1c1ccc2ncc(Br)n2n1. The quantitative estimate of drug-likeness (QED) is 0.765. The zero-order valence-electron chi connectivity index (χ0n) is 13.6. The molecule has 3 heterocycles. The third-order valence-corrected chi connectivity index (χ3v) is 4.34. The van der Waals surface area contributed by atoms with Gasteiger partial charge in [0.2, 0.25) is 0 Å². The molecule has 7 heteroatoms. The first-order chi connectivity index (χ1) is 10.8. The van der Waals surface area contributed by atoms with Crippen molar-refractivity contribution in [3.8, 4) is 0 Å². The second-order valence-electron chi connectivity index (χ2n) is 6.82. The zero-order chi connectivity index (χ0) is 16.6. The van der Waals surface area contributed by atoms with Crippen LogP contribution in [0, 0.1) is 0 Å². The van der Waals surface area contributed by atoms with Gasteiger partial charge in [0.05, 0.1) is 12.6 Å². The van der Waals surface area contributed by atoms with E-state index in [0.717, 1.165) is 35.5 Å². The number of carbonyl (C=O) groups is 1. The molecular formula is C16H21BrN4O2. The van der Waals surface area contributed by atoms with Gasteiger partial charge in [-0.1, -0.05) is 0 Å². The van der Waals surface area contributed by atoms with E-state index in [9.17, 15) is 4.79 Å². The molecule has 1 unspecified atom stereocenters. The molecule has 0 amide bonds. The van der Waals surface area contributed by atoms with Gasteiger partial charge in [0.25, 0.3) is 0 Å². The molecule has 1 fully saturated rings. The number of esters is 1. The Labute approximate surface area is 144 Å². The Kier molecular flexibility index (Phi) is 4.31. The lowest BCUT2D eigenvalue weighted by Crippen LogP contribution is -2.34. The summed E-state index contributed by atoms with van der Waals surface area (Å²) in [6.07, 6.45) is 4.15. The zero-order valence-corrected chi connectivity index (χ0v) is 15.2. The summed E-state index contributed by atoms with van der Waals surface area (Å²) in [5, 5.41) is 4.63. The minimum absolute atomic E-state index is 0.136. The summed E-state index contributed by atoms with van der Waals surface area (Å²) in [4.78, 5) is 18.6. The highest BCUT2D eigenvalue weighted by Gasteiger charge is 2.30. The summed E-state index contributed by atoms with van der Waals surface area (Å²) >= 11 is 3.44. The van der Waals surface area contributed by atoms with Crippen molar-refractivity contribution in [1.29, 1.82) is 0 Å². The highest BCUT2D eigenvalue weighted by molar-refractivity contribution is 9.10. The number of fused-ring (bicyclic) bond motifs is 1. The summed E-state index contributed by atoms with van der Waals surface area (Å²) in [5.74, 6) is 0.710. The number of rotatable bonds is 3. The van der Waals surface area contributed by atoms with Crippen LogP contribution < -0.4 is 4.90 Å². The maximum Gasteiger partial charge on any atom is 0.308 e. The van der Waals surface area contributed by atoms with Crippen molar-refractivity contribution < 1.29 is 9.53 Å². The first-order valence-corrected chi connectivity index (χ1v) is 8.61. The van der Waals surface area contributed by atoms with E-state index in [0.29, 0.717) is 6.42 Å². The fourth-order valence-corrected chi connectivity index (χ4v) is 3.28. The fourth-order valence-electron chi connectivity index (χ4n) is 2.91. The summed E-state index contributed by atoms with van der Waals surface area (Å²) in [6, 6.07) is 4.04. The Morgan fingerprint density at radius 2 is 2.22 bits per heavy atom. The van der Waals surface area contributed by atoms with Gasteiger partial charge in [-0.3, -0.25) is 4.79 Å². The number of ether oxygens (including phenoxy) is 1. The number of halogens is 1. The summed E-state index contributed by atoms with van der Waals surface area (Å²) in [7, 11) is 0. The lowest BCUT2D eigenvalue weighted by atomic mass is 10.1. The van der Waals surface area contributed by atoms with Crippen molar-refractivity contribution in [2.45, 2.75) is 51.7 Å². The molecule has 23 heavy (non-hydrogen) atoms. The molecule has 2 aromatic rings. The van der Waals surface area contributed by atoms with E-state index in [4.69, 9.17) is 4.74 Å². The molecule has 6 nitrogen and oxygen atoms in total. The number of hydrogen-bond donors (Lipinski definition) is 0. The number of carbonyl (C=O) groups excluding carboxylic acids is 1. The van der Waals surface area contributed by atoms with Crippen molar-refractivity contribution in [3.05, 3.63) is 22.9 Å². The molecule has 0 saturated carbocycles. The van der Waals surface area contributed by atoms with Gasteiger partial charge in [-0.2, -0.15) is 0 Å². The van der Waals surface area contributed by atoms with Crippen molar-refractivity contribution >= 4 is 33.4 Å². The van der Waals surface area contributed by atoms with Crippen LogP contribution in [0.4, 0.5) is 5.82 Å². The van der Waals surface area contributed by atoms with Crippen molar-refractivity contribution in [2.24, 2.45) is 0 Å². The molecular weight excluding hydrogens is 360 g/mol. The van der Waals surface area contributed by atoms with Crippen molar-refractivity contribution in [2.75, 3.05) is 11.4 Å². The molecule has 0 N–H and O–H groups in total. The van der Waals surface area contributed by atoms with Gasteiger partial charge in [0.1, 0.15) is 16.0 Å². The standard InChI is InChI=1S/C16H21BrN4O2/c1-16(2,3)23-15(22)9-11-5-4-8-20(11)14-7-6-13-18-10-12(17)21(13)19-14/h6-7,10-11H,4-5,8-9H2,1-3H3. The molecule has 124 valence electrons. The summed E-state index contributed by atoms with van der Waals surface area (Å²) < 4.78 is 8.03. The van der Waals surface area contributed by atoms with Gasteiger partial charge in [0.15, 0.2) is 5.65 Å². The first-order valence-electron chi connectivity index (χ1n) is 7.82. The van der Waals surface area contributed by atoms with Crippen LogP contribution in [0.2, 0.25) is 0 Å². The first kappa shape index (κ1) is 16.2. The van der Waals surface area contributed by atoms with Crippen LogP contribution in [0.3, 0.4) is 0 Å². The number of hydrogen-bond acceptors (Lipinski definition) is 5. The van der Waals surface area contributed by atoms with Gasteiger partial charge in [0, 0.05) is 12.6 Å². The van der Waals surface area contributed by atoms with E-state index >= 15 is 0 Å². The van der Waals surface area contributed by atoms with Crippen LogP contribution in [-0.4, -0.2) is 38.8 Å². The van der Waals surface area contributed by atoms with Crippen LogP contribution in [0.1, 0.15) is 40.0 Å². The molecule has 1 atom stereocenters. The third kappa shape index (κ3) is 3.65. The number of imidazole rings is 1. The minimum Gasteiger partial charge on any atom is -0.460 e. The molecule has 0 bridgehead atoms. The average Bonchev–Trinajstić information content (AvgIpc) is 3.04. The normalized spacial score (nSPS) is 18.6. The van der Waals surface area contributed by atoms with Gasteiger partial charge >= 0.3 is 5.97 Å². The minimum atomic E-state index is -0.445. The largest absolute Gasteiger partial charge is 0.460 e. The summed E-state index contributed by atoms with van der Waals surface area (Å²) in [5.41, 5.74) is 0.350. The smallest absolute Gasteiger partial charge is 0.308 e. The highest BCUT2D eigenvalue weighted by atomic mass is 79.9. The number of nitrogens with zero attached hydrogens (tertiary/aromatic N) is 4. The summed E-state index contributed by atoms with van der Waals surface area (Å²) in [6.45, 7) is 6.58. The number of aromatic nitrogens is 3. The molecule has 0 aliphatic carbocycles.